The minimum Gasteiger partial charge on any atom is -0.388 e. The molecular formula is C15H14Br2FNO. The number of halogens is 3. The van der Waals surface area contributed by atoms with Gasteiger partial charge in [-0.25, -0.2) is 4.39 Å². The monoisotopic (exact) mass is 401 g/mol. The first-order valence-electron chi connectivity index (χ1n) is 6.11. The Hall–Kier alpha value is -0.750. The molecule has 0 aromatic heterocycles. The number of hydrogen-bond donors (Lipinski definition) is 2. The summed E-state index contributed by atoms with van der Waals surface area (Å²) < 4.78 is 15.0. The summed E-state index contributed by atoms with van der Waals surface area (Å²) in [6.07, 6.45) is -0.869. The van der Waals surface area contributed by atoms with E-state index in [1.54, 1.807) is 6.07 Å². The highest BCUT2D eigenvalue weighted by molar-refractivity contribution is 9.10. The zero-order chi connectivity index (χ0) is 14.7. The molecule has 0 aliphatic carbocycles. The van der Waals surface area contributed by atoms with E-state index in [1.165, 1.54) is 12.1 Å². The maximum atomic E-state index is 13.4. The van der Waals surface area contributed by atoms with E-state index in [-0.39, 0.29) is 18.3 Å². The van der Waals surface area contributed by atoms with E-state index >= 15 is 0 Å². The molecule has 0 fully saturated rings. The lowest BCUT2D eigenvalue weighted by molar-refractivity contribution is 0.146. The zero-order valence-corrected chi connectivity index (χ0v) is 13.7. The average Bonchev–Trinajstić information content (AvgIpc) is 2.44. The van der Waals surface area contributed by atoms with Gasteiger partial charge in [0.05, 0.1) is 6.10 Å². The third-order valence-corrected chi connectivity index (χ3v) is 4.46. The summed E-state index contributed by atoms with van der Waals surface area (Å²) >= 11 is 6.71. The summed E-state index contributed by atoms with van der Waals surface area (Å²) in [6, 6.07) is 11.9. The summed E-state index contributed by atoms with van der Waals surface area (Å²) in [7, 11) is 0. The second-order valence-corrected chi connectivity index (χ2v) is 6.27. The standard InChI is InChI=1S/C15H14Br2FNO/c16-10-3-1-9(2-4-10)13(8-19)15(20)12-7-11(18)5-6-14(12)17/h1-7,13,15,20H,8,19H2. The van der Waals surface area contributed by atoms with Gasteiger partial charge in [-0.3, -0.25) is 0 Å². The van der Waals surface area contributed by atoms with Crippen molar-refractivity contribution in [3.8, 4) is 0 Å². The number of aliphatic hydroxyl groups is 1. The number of benzene rings is 2. The van der Waals surface area contributed by atoms with E-state index in [2.05, 4.69) is 31.9 Å². The summed E-state index contributed by atoms with van der Waals surface area (Å²) in [6.45, 7) is 0.270. The van der Waals surface area contributed by atoms with Crippen LogP contribution in [0.2, 0.25) is 0 Å². The summed E-state index contributed by atoms with van der Waals surface area (Å²) in [5.74, 6) is -0.671. The third-order valence-electron chi connectivity index (χ3n) is 3.21. The molecule has 2 nitrogen and oxygen atoms in total. The first-order valence-corrected chi connectivity index (χ1v) is 7.70. The van der Waals surface area contributed by atoms with Gasteiger partial charge in [-0.2, -0.15) is 0 Å². The fraction of sp³-hybridized carbons (Fsp3) is 0.200. The molecule has 0 aliphatic heterocycles. The SMILES string of the molecule is NCC(c1ccc(Br)cc1)C(O)c1cc(F)ccc1Br. The van der Waals surface area contributed by atoms with Crippen LogP contribution >= 0.6 is 31.9 Å². The van der Waals surface area contributed by atoms with Crippen LogP contribution in [0.4, 0.5) is 4.39 Å². The molecule has 2 aromatic carbocycles. The van der Waals surface area contributed by atoms with Crippen LogP contribution in [0.3, 0.4) is 0 Å². The largest absolute Gasteiger partial charge is 0.388 e. The quantitative estimate of drug-likeness (QED) is 0.807. The molecule has 5 heteroatoms. The van der Waals surface area contributed by atoms with Crippen LogP contribution in [-0.4, -0.2) is 11.7 Å². The maximum absolute atomic E-state index is 13.4. The highest BCUT2D eigenvalue weighted by Gasteiger charge is 2.23. The smallest absolute Gasteiger partial charge is 0.123 e. The van der Waals surface area contributed by atoms with E-state index in [1.807, 2.05) is 24.3 Å². The van der Waals surface area contributed by atoms with Gasteiger partial charge in [-0.1, -0.05) is 44.0 Å². The molecule has 0 saturated carbocycles. The van der Waals surface area contributed by atoms with Crippen molar-refractivity contribution in [2.24, 2.45) is 5.73 Å². The number of rotatable bonds is 4. The molecular weight excluding hydrogens is 389 g/mol. The minimum absolute atomic E-state index is 0.270. The minimum atomic E-state index is -0.869. The van der Waals surface area contributed by atoms with Gasteiger partial charge in [-0.05, 0) is 41.5 Å². The normalized spacial score (nSPS) is 14.1. The van der Waals surface area contributed by atoms with Crippen molar-refractivity contribution < 1.29 is 9.50 Å². The highest BCUT2D eigenvalue weighted by atomic mass is 79.9. The Bertz CT molecular complexity index is 589. The Labute approximate surface area is 134 Å². The zero-order valence-electron chi connectivity index (χ0n) is 10.6. The summed E-state index contributed by atoms with van der Waals surface area (Å²) in [4.78, 5) is 0. The van der Waals surface area contributed by atoms with E-state index in [9.17, 15) is 9.50 Å². The van der Waals surface area contributed by atoms with Gasteiger partial charge < -0.3 is 10.8 Å². The van der Waals surface area contributed by atoms with Crippen molar-refractivity contribution in [2.75, 3.05) is 6.54 Å². The Kier molecular flexibility index (Phi) is 5.32. The molecule has 0 spiro atoms. The summed E-state index contributed by atoms with van der Waals surface area (Å²) in [5.41, 5.74) is 7.21. The van der Waals surface area contributed by atoms with Gasteiger partial charge in [0.2, 0.25) is 0 Å². The number of aliphatic hydroxyl groups excluding tert-OH is 1. The van der Waals surface area contributed by atoms with Crippen LogP contribution in [0.15, 0.2) is 51.4 Å². The molecule has 0 aliphatic rings. The second kappa shape index (κ2) is 6.80. The number of hydrogen-bond acceptors (Lipinski definition) is 2. The van der Waals surface area contributed by atoms with Crippen molar-refractivity contribution >= 4 is 31.9 Å². The van der Waals surface area contributed by atoms with Crippen LogP contribution in [0.5, 0.6) is 0 Å². The molecule has 2 aromatic rings. The molecule has 2 unspecified atom stereocenters. The predicted molar refractivity (Wildman–Crippen MR) is 85.0 cm³/mol. The predicted octanol–water partition coefficient (Wildman–Crippen LogP) is 4.13. The van der Waals surface area contributed by atoms with Gasteiger partial charge in [0, 0.05) is 21.4 Å². The Morgan fingerprint density at radius 3 is 2.35 bits per heavy atom. The first kappa shape index (κ1) is 15.6. The lowest BCUT2D eigenvalue weighted by Crippen LogP contribution is -2.20. The van der Waals surface area contributed by atoms with E-state index in [0.717, 1.165) is 10.0 Å². The van der Waals surface area contributed by atoms with E-state index in [0.29, 0.717) is 10.0 Å². The van der Waals surface area contributed by atoms with Gasteiger partial charge in [0.25, 0.3) is 0 Å². The molecule has 0 heterocycles. The van der Waals surface area contributed by atoms with Crippen LogP contribution in [0, 0.1) is 5.82 Å². The lowest BCUT2D eigenvalue weighted by Gasteiger charge is -2.23. The van der Waals surface area contributed by atoms with Gasteiger partial charge in [0.15, 0.2) is 0 Å². The van der Waals surface area contributed by atoms with Crippen molar-refractivity contribution in [2.45, 2.75) is 12.0 Å². The topological polar surface area (TPSA) is 46.2 Å². The average molecular weight is 403 g/mol. The molecule has 2 rings (SSSR count). The Morgan fingerprint density at radius 2 is 1.75 bits per heavy atom. The fourth-order valence-corrected chi connectivity index (χ4v) is 2.86. The van der Waals surface area contributed by atoms with Gasteiger partial charge in [0.1, 0.15) is 5.82 Å². The van der Waals surface area contributed by atoms with Crippen molar-refractivity contribution in [3.63, 3.8) is 0 Å². The van der Waals surface area contributed by atoms with Crippen LogP contribution < -0.4 is 5.73 Å². The molecule has 0 radical (unpaired) electrons. The fourth-order valence-electron chi connectivity index (χ4n) is 2.12. The van der Waals surface area contributed by atoms with E-state index in [4.69, 9.17) is 5.73 Å². The Balaban J connectivity index is 2.35. The van der Waals surface area contributed by atoms with Crippen molar-refractivity contribution in [1.82, 2.24) is 0 Å². The third kappa shape index (κ3) is 3.47. The van der Waals surface area contributed by atoms with Crippen LogP contribution in [0.25, 0.3) is 0 Å². The highest BCUT2D eigenvalue weighted by Crippen LogP contribution is 2.34. The molecule has 106 valence electrons. The van der Waals surface area contributed by atoms with Crippen molar-refractivity contribution in [1.29, 1.82) is 0 Å². The van der Waals surface area contributed by atoms with E-state index < -0.39 is 6.10 Å². The molecule has 0 saturated heterocycles. The van der Waals surface area contributed by atoms with Crippen molar-refractivity contribution in [3.05, 3.63) is 68.4 Å². The molecule has 2 atom stereocenters. The first-order chi connectivity index (χ1) is 9.52. The molecule has 0 amide bonds. The van der Waals surface area contributed by atoms with Gasteiger partial charge in [-0.15, -0.1) is 0 Å². The lowest BCUT2D eigenvalue weighted by atomic mass is 9.89. The second-order valence-electron chi connectivity index (χ2n) is 4.50. The summed E-state index contributed by atoms with van der Waals surface area (Å²) in [5, 5.41) is 10.5. The molecule has 0 bridgehead atoms. The van der Waals surface area contributed by atoms with Gasteiger partial charge >= 0.3 is 0 Å². The Morgan fingerprint density at radius 1 is 1.10 bits per heavy atom. The maximum Gasteiger partial charge on any atom is 0.123 e. The number of nitrogens with two attached hydrogens (primary N) is 1. The molecule has 20 heavy (non-hydrogen) atoms. The molecule has 3 N–H and O–H groups in total. The van der Waals surface area contributed by atoms with Crippen LogP contribution in [0.1, 0.15) is 23.1 Å². The van der Waals surface area contributed by atoms with Crippen LogP contribution in [-0.2, 0) is 0 Å².